The summed E-state index contributed by atoms with van der Waals surface area (Å²) in [6.45, 7) is 3.13. The molecule has 1 amide bonds. The molecule has 0 aliphatic carbocycles. The van der Waals surface area contributed by atoms with Gasteiger partial charge in [0.15, 0.2) is 0 Å². The molecule has 0 spiro atoms. The van der Waals surface area contributed by atoms with E-state index in [1.807, 2.05) is 53.4 Å². The third kappa shape index (κ3) is 6.43. The van der Waals surface area contributed by atoms with Gasteiger partial charge in [0.05, 0.1) is 10.4 Å². The Morgan fingerprint density at radius 2 is 1.66 bits per heavy atom. The average molecular weight is 615 g/mol. The van der Waals surface area contributed by atoms with Crippen LogP contribution in [0.5, 0.6) is 0 Å². The Labute approximate surface area is 258 Å². The van der Waals surface area contributed by atoms with Crippen molar-refractivity contribution in [1.29, 1.82) is 0 Å². The number of likely N-dealkylation sites (N-methyl/N-ethyl adjacent to an activating group) is 1. The topological polar surface area (TPSA) is 107 Å². The molecule has 11 heteroatoms. The van der Waals surface area contributed by atoms with Crippen molar-refractivity contribution in [3.8, 4) is 22.3 Å². The van der Waals surface area contributed by atoms with Crippen LogP contribution in [0, 0.1) is 11.6 Å². The fourth-order valence-corrected chi connectivity index (χ4v) is 5.64. The smallest absolute Gasteiger partial charge is 0.272 e. The first-order valence-corrected chi connectivity index (χ1v) is 14.5. The number of nitrogens with one attached hydrogen (secondary N) is 2. The van der Waals surface area contributed by atoms with Gasteiger partial charge in [0.2, 0.25) is 0 Å². The molecule has 0 atom stereocenters. The Balaban J connectivity index is 0.00000384. The number of nitrogens with two attached hydrogens (primary N) is 1. The van der Waals surface area contributed by atoms with Crippen LogP contribution < -0.4 is 16.0 Å². The largest absolute Gasteiger partial charge is 0.383 e. The number of pyridine rings is 2. The van der Waals surface area contributed by atoms with Crippen molar-refractivity contribution in [3.63, 3.8) is 0 Å². The van der Waals surface area contributed by atoms with Gasteiger partial charge in [-0.25, -0.2) is 13.8 Å². The highest BCUT2D eigenvalue weighted by molar-refractivity contribution is 8.00. The van der Waals surface area contributed by atoms with Crippen molar-refractivity contribution < 1.29 is 13.6 Å². The zero-order valence-corrected chi connectivity index (χ0v) is 24.1. The number of piperazine rings is 1. The third-order valence-corrected chi connectivity index (χ3v) is 8.35. The molecule has 0 saturated carbocycles. The number of hydrogen-bond acceptors (Lipinski definition) is 7. The molecule has 1 saturated heterocycles. The van der Waals surface area contributed by atoms with Gasteiger partial charge >= 0.3 is 0 Å². The first-order chi connectivity index (χ1) is 20.7. The van der Waals surface area contributed by atoms with Gasteiger partial charge in [0, 0.05) is 60.5 Å². The molecule has 0 unspecified atom stereocenters. The van der Waals surface area contributed by atoms with Crippen molar-refractivity contribution in [2.45, 2.75) is 12.3 Å². The maximum atomic E-state index is 14.1. The van der Waals surface area contributed by atoms with Crippen molar-refractivity contribution in [2.24, 2.45) is 0 Å². The molecule has 5 aromatic rings. The monoisotopic (exact) mass is 614 g/mol. The van der Waals surface area contributed by atoms with Crippen molar-refractivity contribution in [2.75, 3.05) is 43.7 Å². The number of carbonyl (C=O) groups excluding carboxylic acids is 1. The van der Waals surface area contributed by atoms with Crippen LogP contribution in [0.1, 0.15) is 17.8 Å². The molecule has 4 N–H and O–H groups in total. The number of carbonyl (C=O) groups is 1. The van der Waals surface area contributed by atoms with Crippen LogP contribution in [-0.2, 0) is 0 Å². The molecular formula is C33H32F2N6O2S. The van der Waals surface area contributed by atoms with Crippen LogP contribution in [0.2, 0.25) is 0 Å². The molecule has 44 heavy (non-hydrogen) atoms. The molecular weight excluding hydrogens is 582 g/mol. The standard InChI is InChI=1S/C32H28F2N6O2S.CH4/c1-39-10-12-40(13-11-39)32(42)20-4-2-19(3-5-20)25-15-22-14-21(6-8-27(22)37-30(25)35)23-16-28(31(41)36-18-23)38-43-29-9-7-24(33)17-26(29)34;/h2-9,14-18,38H,10-13H2,1H3,(H2,35,37)(H,36,41);1H4. The number of nitrogen functional groups attached to an aromatic ring is 1. The number of hydrogen-bond donors (Lipinski definition) is 3. The molecule has 6 rings (SSSR count). The predicted octanol–water partition coefficient (Wildman–Crippen LogP) is 6.26. The summed E-state index contributed by atoms with van der Waals surface area (Å²) in [5.41, 5.74) is 10.6. The Bertz CT molecular complexity index is 1890. The minimum Gasteiger partial charge on any atom is -0.383 e. The summed E-state index contributed by atoms with van der Waals surface area (Å²) in [5, 5.41) is 0.836. The third-order valence-electron chi connectivity index (χ3n) is 7.48. The number of anilines is 2. The summed E-state index contributed by atoms with van der Waals surface area (Å²) in [6.07, 6.45) is 1.60. The Morgan fingerprint density at radius 1 is 0.932 bits per heavy atom. The maximum Gasteiger partial charge on any atom is 0.272 e. The van der Waals surface area contributed by atoms with Gasteiger partial charge in [-0.05, 0) is 78.7 Å². The summed E-state index contributed by atoms with van der Waals surface area (Å²) < 4.78 is 30.2. The molecule has 226 valence electrons. The molecule has 1 fully saturated rings. The summed E-state index contributed by atoms with van der Waals surface area (Å²) >= 11 is 0.880. The molecule has 0 bridgehead atoms. The van der Waals surface area contributed by atoms with Gasteiger partial charge < -0.3 is 25.2 Å². The SMILES string of the molecule is C.CN1CCN(C(=O)c2ccc(-c3cc4cc(-c5c[nH]c(=O)c(NSc6ccc(F)cc6F)c5)ccc4nc3N)cc2)CC1. The van der Waals surface area contributed by atoms with E-state index in [0.717, 1.165) is 59.2 Å². The normalized spacial score (nSPS) is 13.5. The molecule has 2 aromatic heterocycles. The van der Waals surface area contributed by atoms with Gasteiger partial charge in [-0.1, -0.05) is 25.6 Å². The lowest BCUT2D eigenvalue weighted by Crippen LogP contribution is -2.47. The zero-order valence-electron chi connectivity index (χ0n) is 23.2. The van der Waals surface area contributed by atoms with Crippen LogP contribution >= 0.6 is 11.9 Å². The number of aromatic nitrogens is 2. The van der Waals surface area contributed by atoms with Gasteiger partial charge in [-0.3, -0.25) is 9.59 Å². The van der Waals surface area contributed by atoms with Crippen LogP contribution in [0.25, 0.3) is 33.2 Å². The van der Waals surface area contributed by atoms with Gasteiger partial charge in [-0.15, -0.1) is 0 Å². The lowest BCUT2D eigenvalue weighted by molar-refractivity contribution is 0.0664. The van der Waals surface area contributed by atoms with E-state index in [4.69, 9.17) is 5.73 Å². The van der Waals surface area contributed by atoms with Crippen LogP contribution in [-0.4, -0.2) is 58.9 Å². The highest BCUT2D eigenvalue weighted by atomic mass is 32.2. The van der Waals surface area contributed by atoms with E-state index >= 15 is 0 Å². The number of benzene rings is 3. The molecule has 8 nitrogen and oxygen atoms in total. The van der Waals surface area contributed by atoms with E-state index in [1.165, 1.54) is 6.07 Å². The summed E-state index contributed by atoms with van der Waals surface area (Å²) in [5.74, 6) is -1.01. The van der Waals surface area contributed by atoms with E-state index in [1.54, 1.807) is 12.3 Å². The molecule has 1 aliphatic rings. The summed E-state index contributed by atoms with van der Waals surface area (Å²) in [6, 6.07) is 19.9. The summed E-state index contributed by atoms with van der Waals surface area (Å²) in [7, 11) is 2.05. The molecule has 3 heterocycles. The van der Waals surface area contributed by atoms with Gasteiger partial charge in [-0.2, -0.15) is 0 Å². The number of aromatic amines is 1. The fraction of sp³-hybridized carbons (Fsp3) is 0.182. The fourth-order valence-electron chi connectivity index (χ4n) is 4.98. The lowest BCUT2D eigenvalue weighted by Gasteiger charge is -2.32. The van der Waals surface area contributed by atoms with Gasteiger partial charge in [0.1, 0.15) is 23.1 Å². The van der Waals surface area contributed by atoms with E-state index < -0.39 is 11.6 Å². The second kappa shape index (κ2) is 12.9. The number of H-pyrrole nitrogens is 1. The predicted molar refractivity (Wildman–Crippen MR) is 174 cm³/mol. The van der Waals surface area contributed by atoms with Crippen molar-refractivity contribution in [3.05, 3.63) is 107 Å². The number of nitrogens with zero attached hydrogens (tertiary/aromatic N) is 3. The van der Waals surface area contributed by atoms with E-state index in [0.29, 0.717) is 35.6 Å². The molecule has 0 radical (unpaired) electrons. The van der Waals surface area contributed by atoms with E-state index in [9.17, 15) is 18.4 Å². The van der Waals surface area contributed by atoms with E-state index in [2.05, 4.69) is 26.6 Å². The van der Waals surface area contributed by atoms with Crippen LogP contribution in [0.3, 0.4) is 0 Å². The highest BCUT2D eigenvalue weighted by Gasteiger charge is 2.20. The minimum atomic E-state index is -0.724. The van der Waals surface area contributed by atoms with Crippen molar-refractivity contribution in [1.82, 2.24) is 19.8 Å². The Morgan fingerprint density at radius 3 is 2.39 bits per heavy atom. The number of amides is 1. The quantitative estimate of drug-likeness (QED) is 0.194. The number of halogens is 2. The number of fused-ring (bicyclic) bond motifs is 1. The lowest BCUT2D eigenvalue weighted by atomic mass is 10.00. The van der Waals surface area contributed by atoms with Gasteiger partial charge in [0.25, 0.3) is 11.5 Å². The first kappa shape index (κ1) is 30.7. The second-order valence-corrected chi connectivity index (χ2v) is 11.3. The Kier molecular flexibility index (Phi) is 8.98. The summed E-state index contributed by atoms with van der Waals surface area (Å²) in [4.78, 5) is 37.0. The van der Waals surface area contributed by atoms with Crippen molar-refractivity contribution >= 4 is 40.3 Å². The molecule has 3 aromatic carbocycles. The van der Waals surface area contributed by atoms with E-state index in [-0.39, 0.29) is 29.5 Å². The maximum absolute atomic E-state index is 14.1. The molecule has 1 aliphatic heterocycles. The average Bonchev–Trinajstić information content (AvgIpc) is 3.01. The Hall–Kier alpha value is -4.74. The first-order valence-electron chi connectivity index (χ1n) is 13.6. The van der Waals surface area contributed by atoms with Crippen LogP contribution in [0.4, 0.5) is 20.3 Å². The minimum absolute atomic E-state index is 0. The number of rotatable bonds is 6. The highest BCUT2D eigenvalue weighted by Crippen LogP contribution is 2.32. The van der Waals surface area contributed by atoms with Crippen LogP contribution in [0.15, 0.2) is 88.7 Å². The zero-order chi connectivity index (χ0) is 30.1. The second-order valence-electron chi connectivity index (χ2n) is 10.4.